The van der Waals surface area contributed by atoms with Gasteiger partial charge in [0.1, 0.15) is 5.60 Å². The average molecular weight is 328 g/mol. The van der Waals surface area contributed by atoms with Crippen LogP contribution >= 0.6 is 0 Å². The molecule has 2 N–H and O–H groups in total. The molecule has 23 heavy (non-hydrogen) atoms. The third-order valence-electron chi connectivity index (χ3n) is 4.04. The third kappa shape index (κ3) is 10.6. The Balaban J connectivity index is 2.22. The molecule has 5 heteroatoms. The summed E-state index contributed by atoms with van der Waals surface area (Å²) in [7, 11) is 1.75. The van der Waals surface area contributed by atoms with Crippen LogP contribution in [-0.2, 0) is 9.47 Å². The van der Waals surface area contributed by atoms with E-state index in [0.29, 0.717) is 25.2 Å². The van der Waals surface area contributed by atoms with E-state index in [-0.39, 0.29) is 6.09 Å². The van der Waals surface area contributed by atoms with Crippen LogP contribution in [0.25, 0.3) is 0 Å². The Kier molecular flexibility index (Phi) is 8.92. The standard InChI is InChI=1S/C18H36N2O3/c1-6-15(12-14-9-10-14)20-16(13-22-5)8-7-11-19-17(21)23-18(2,3)4/h14-16,20H,6-13H2,1-5H3,(H,19,21). The molecule has 1 rings (SSSR count). The van der Waals surface area contributed by atoms with Crippen molar-refractivity contribution >= 4 is 6.09 Å². The Labute approximate surface area is 141 Å². The highest BCUT2D eigenvalue weighted by Crippen LogP contribution is 2.34. The van der Waals surface area contributed by atoms with Crippen molar-refractivity contribution in [3.63, 3.8) is 0 Å². The fourth-order valence-electron chi connectivity index (χ4n) is 2.71. The molecule has 0 heterocycles. The van der Waals surface area contributed by atoms with Gasteiger partial charge in [-0.25, -0.2) is 4.79 Å². The zero-order valence-corrected chi connectivity index (χ0v) is 15.6. The number of hydrogen-bond donors (Lipinski definition) is 2. The molecular weight excluding hydrogens is 292 g/mol. The van der Waals surface area contributed by atoms with Gasteiger partial charge in [-0.1, -0.05) is 19.8 Å². The first-order valence-electron chi connectivity index (χ1n) is 9.06. The monoisotopic (exact) mass is 328 g/mol. The lowest BCUT2D eigenvalue weighted by Crippen LogP contribution is -2.41. The highest BCUT2D eigenvalue weighted by molar-refractivity contribution is 5.67. The molecule has 0 spiro atoms. The number of ether oxygens (including phenoxy) is 2. The van der Waals surface area contributed by atoms with Crippen molar-refractivity contribution in [2.75, 3.05) is 20.3 Å². The maximum absolute atomic E-state index is 11.6. The Morgan fingerprint density at radius 1 is 1.26 bits per heavy atom. The van der Waals surface area contributed by atoms with Crippen molar-refractivity contribution in [3.05, 3.63) is 0 Å². The molecule has 1 fully saturated rings. The van der Waals surface area contributed by atoms with Crippen LogP contribution in [0.5, 0.6) is 0 Å². The van der Waals surface area contributed by atoms with Gasteiger partial charge in [-0.15, -0.1) is 0 Å². The van der Waals surface area contributed by atoms with Crippen molar-refractivity contribution in [1.82, 2.24) is 10.6 Å². The molecule has 1 aliphatic rings. The minimum Gasteiger partial charge on any atom is -0.444 e. The van der Waals surface area contributed by atoms with Crippen LogP contribution in [0.3, 0.4) is 0 Å². The predicted molar refractivity (Wildman–Crippen MR) is 93.7 cm³/mol. The predicted octanol–water partition coefficient (Wildman–Crippen LogP) is 3.47. The van der Waals surface area contributed by atoms with Crippen molar-refractivity contribution in [2.24, 2.45) is 5.92 Å². The van der Waals surface area contributed by atoms with Crippen LogP contribution < -0.4 is 10.6 Å². The number of nitrogens with one attached hydrogen (secondary N) is 2. The summed E-state index contributed by atoms with van der Waals surface area (Å²) >= 11 is 0. The summed E-state index contributed by atoms with van der Waals surface area (Å²) in [4.78, 5) is 11.6. The minimum absolute atomic E-state index is 0.339. The number of carbonyl (C=O) groups is 1. The van der Waals surface area contributed by atoms with Crippen LogP contribution in [0.2, 0.25) is 0 Å². The quantitative estimate of drug-likeness (QED) is 0.570. The second-order valence-corrected chi connectivity index (χ2v) is 7.67. The van der Waals surface area contributed by atoms with E-state index >= 15 is 0 Å². The van der Waals surface area contributed by atoms with Crippen molar-refractivity contribution in [3.8, 4) is 0 Å². The lowest BCUT2D eigenvalue weighted by atomic mass is 10.0. The second kappa shape index (κ2) is 10.1. The SMILES string of the molecule is CCC(CC1CC1)NC(CCCNC(=O)OC(C)(C)C)COC. The molecule has 0 aromatic heterocycles. The summed E-state index contributed by atoms with van der Waals surface area (Å²) in [6.07, 6.45) is 6.80. The summed E-state index contributed by atoms with van der Waals surface area (Å²) < 4.78 is 10.6. The summed E-state index contributed by atoms with van der Waals surface area (Å²) in [5.74, 6) is 0.935. The van der Waals surface area contributed by atoms with E-state index in [0.717, 1.165) is 25.2 Å². The lowest BCUT2D eigenvalue weighted by Gasteiger charge is -2.25. The Morgan fingerprint density at radius 2 is 1.96 bits per heavy atom. The molecule has 0 aromatic rings. The van der Waals surface area contributed by atoms with Gasteiger partial charge in [0, 0.05) is 25.7 Å². The zero-order valence-electron chi connectivity index (χ0n) is 15.6. The number of amides is 1. The van der Waals surface area contributed by atoms with Gasteiger partial charge in [-0.2, -0.15) is 0 Å². The number of rotatable bonds is 11. The van der Waals surface area contributed by atoms with Crippen LogP contribution in [0, 0.1) is 5.92 Å². The van der Waals surface area contributed by atoms with Gasteiger partial charge >= 0.3 is 6.09 Å². The van der Waals surface area contributed by atoms with Gasteiger partial charge in [0.2, 0.25) is 0 Å². The van der Waals surface area contributed by atoms with Crippen LogP contribution in [0.4, 0.5) is 4.79 Å². The molecule has 1 amide bonds. The van der Waals surface area contributed by atoms with E-state index < -0.39 is 5.60 Å². The van der Waals surface area contributed by atoms with E-state index in [9.17, 15) is 4.79 Å². The Bertz CT molecular complexity index is 338. The van der Waals surface area contributed by atoms with E-state index in [1.807, 2.05) is 20.8 Å². The molecule has 1 saturated carbocycles. The van der Waals surface area contributed by atoms with Gasteiger partial charge in [0.05, 0.1) is 6.61 Å². The Morgan fingerprint density at radius 3 is 2.48 bits per heavy atom. The van der Waals surface area contributed by atoms with E-state index in [1.54, 1.807) is 7.11 Å². The smallest absolute Gasteiger partial charge is 0.407 e. The molecule has 0 aliphatic heterocycles. The maximum atomic E-state index is 11.6. The van der Waals surface area contributed by atoms with Gasteiger partial charge in [-0.3, -0.25) is 0 Å². The van der Waals surface area contributed by atoms with E-state index in [1.165, 1.54) is 19.3 Å². The number of alkyl carbamates (subject to hydrolysis) is 1. The third-order valence-corrected chi connectivity index (χ3v) is 4.04. The highest BCUT2D eigenvalue weighted by atomic mass is 16.6. The fourth-order valence-corrected chi connectivity index (χ4v) is 2.71. The van der Waals surface area contributed by atoms with Gasteiger partial charge in [0.25, 0.3) is 0 Å². The summed E-state index contributed by atoms with van der Waals surface area (Å²) in [5.41, 5.74) is -0.443. The summed E-state index contributed by atoms with van der Waals surface area (Å²) in [6.45, 7) is 9.21. The first kappa shape index (κ1) is 20.2. The van der Waals surface area contributed by atoms with Gasteiger partial charge < -0.3 is 20.1 Å². The molecule has 136 valence electrons. The normalized spacial score (nSPS) is 17.6. The summed E-state index contributed by atoms with van der Waals surface area (Å²) in [5, 5.41) is 6.55. The van der Waals surface area contributed by atoms with Gasteiger partial charge in [0.15, 0.2) is 0 Å². The van der Waals surface area contributed by atoms with Gasteiger partial charge in [-0.05, 0) is 52.4 Å². The molecule has 1 aliphatic carbocycles. The number of hydrogen-bond acceptors (Lipinski definition) is 4. The lowest BCUT2D eigenvalue weighted by molar-refractivity contribution is 0.0526. The number of carbonyl (C=O) groups excluding carboxylic acids is 1. The summed E-state index contributed by atoms with van der Waals surface area (Å²) in [6, 6.07) is 0.936. The first-order valence-corrected chi connectivity index (χ1v) is 9.06. The average Bonchev–Trinajstić information content (AvgIpc) is 3.24. The first-order chi connectivity index (χ1) is 10.8. The molecule has 0 saturated heterocycles. The zero-order chi connectivity index (χ0) is 17.3. The van der Waals surface area contributed by atoms with Crippen LogP contribution in [0.1, 0.15) is 66.2 Å². The highest BCUT2D eigenvalue weighted by Gasteiger charge is 2.25. The number of methoxy groups -OCH3 is 1. The van der Waals surface area contributed by atoms with Crippen molar-refractivity contribution < 1.29 is 14.3 Å². The fraction of sp³-hybridized carbons (Fsp3) is 0.944. The Hall–Kier alpha value is -0.810. The van der Waals surface area contributed by atoms with E-state index in [4.69, 9.17) is 9.47 Å². The van der Waals surface area contributed by atoms with Crippen LogP contribution in [0.15, 0.2) is 0 Å². The largest absolute Gasteiger partial charge is 0.444 e. The molecule has 0 bridgehead atoms. The second-order valence-electron chi connectivity index (χ2n) is 7.67. The molecule has 2 atom stereocenters. The van der Waals surface area contributed by atoms with Crippen molar-refractivity contribution in [2.45, 2.75) is 83.9 Å². The van der Waals surface area contributed by atoms with Crippen LogP contribution in [-0.4, -0.2) is 44.0 Å². The van der Waals surface area contributed by atoms with E-state index in [2.05, 4.69) is 17.6 Å². The molecular formula is C18H36N2O3. The minimum atomic E-state index is -0.443. The topological polar surface area (TPSA) is 59.6 Å². The molecule has 0 radical (unpaired) electrons. The molecule has 0 aromatic carbocycles. The molecule has 5 nitrogen and oxygen atoms in total. The molecule has 2 unspecified atom stereocenters. The van der Waals surface area contributed by atoms with Crippen molar-refractivity contribution in [1.29, 1.82) is 0 Å². The maximum Gasteiger partial charge on any atom is 0.407 e.